The highest BCUT2D eigenvalue weighted by Crippen LogP contribution is 2.18. The van der Waals surface area contributed by atoms with Crippen molar-refractivity contribution in [1.29, 1.82) is 0 Å². The van der Waals surface area contributed by atoms with Crippen molar-refractivity contribution in [2.75, 3.05) is 6.54 Å². The van der Waals surface area contributed by atoms with E-state index in [-0.39, 0.29) is 23.3 Å². The number of aryl methyl sites for hydroxylation is 1. The fraction of sp³-hybridized carbons (Fsp3) is 0.235. The Labute approximate surface area is 124 Å². The SMILES string of the molecule is Cc1ccc(O)c(C(=O)NC(CN)Cc2ccccc2)c1. The molecular weight excluding hydrogens is 264 g/mol. The fourth-order valence-corrected chi connectivity index (χ4v) is 2.19. The van der Waals surface area contributed by atoms with Gasteiger partial charge in [-0.3, -0.25) is 4.79 Å². The lowest BCUT2D eigenvalue weighted by Crippen LogP contribution is -2.41. The van der Waals surface area contributed by atoms with Crippen LogP contribution in [0.15, 0.2) is 48.5 Å². The highest BCUT2D eigenvalue weighted by atomic mass is 16.3. The van der Waals surface area contributed by atoms with E-state index in [2.05, 4.69) is 5.32 Å². The minimum absolute atomic E-state index is 0.0198. The van der Waals surface area contributed by atoms with E-state index in [0.717, 1.165) is 11.1 Å². The Kier molecular flexibility index (Phi) is 4.95. The first-order valence-electron chi connectivity index (χ1n) is 6.94. The van der Waals surface area contributed by atoms with Crippen LogP contribution in [0.3, 0.4) is 0 Å². The molecule has 0 spiro atoms. The maximum absolute atomic E-state index is 12.3. The van der Waals surface area contributed by atoms with Crippen LogP contribution in [0.25, 0.3) is 0 Å². The number of carbonyl (C=O) groups is 1. The predicted molar refractivity (Wildman–Crippen MR) is 83.3 cm³/mol. The van der Waals surface area contributed by atoms with Crippen molar-refractivity contribution in [3.63, 3.8) is 0 Å². The summed E-state index contributed by atoms with van der Waals surface area (Å²) in [6, 6.07) is 14.6. The Morgan fingerprint density at radius 3 is 2.62 bits per heavy atom. The summed E-state index contributed by atoms with van der Waals surface area (Å²) in [7, 11) is 0. The van der Waals surface area contributed by atoms with E-state index in [9.17, 15) is 9.90 Å². The van der Waals surface area contributed by atoms with Crippen LogP contribution in [0.4, 0.5) is 0 Å². The van der Waals surface area contributed by atoms with Gasteiger partial charge in [-0.25, -0.2) is 0 Å². The van der Waals surface area contributed by atoms with Crippen LogP contribution < -0.4 is 11.1 Å². The predicted octanol–water partition coefficient (Wildman–Crippen LogP) is 2.00. The van der Waals surface area contributed by atoms with E-state index in [1.807, 2.05) is 37.3 Å². The maximum Gasteiger partial charge on any atom is 0.255 e. The van der Waals surface area contributed by atoms with Gasteiger partial charge in [-0.1, -0.05) is 42.0 Å². The van der Waals surface area contributed by atoms with Crippen LogP contribution in [0.1, 0.15) is 21.5 Å². The molecule has 2 aromatic carbocycles. The first-order valence-corrected chi connectivity index (χ1v) is 6.94. The Morgan fingerprint density at radius 1 is 1.24 bits per heavy atom. The van der Waals surface area contributed by atoms with E-state index >= 15 is 0 Å². The number of rotatable bonds is 5. The molecule has 1 amide bonds. The van der Waals surface area contributed by atoms with E-state index in [1.54, 1.807) is 12.1 Å². The number of carbonyl (C=O) groups excluding carboxylic acids is 1. The van der Waals surface area contributed by atoms with Crippen molar-refractivity contribution in [2.24, 2.45) is 5.73 Å². The largest absolute Gasteiger partial charge is 0.507 e. The van der Waals surface area contributed by atoms with Gasteiger partial charge in [-0.05, 0) is 31.0 Å². The number of phenolic OH excluding ortho intramolecular Hbond substituents is 1. The smallest absolute Gasteiger partial charge is 0.255 e. The summed E-state index contributed by atoms with van der Waals surface area (Å²) in [5, 5.41) is 12.7. The van der Waals surface area contributed by atoms with Crippen LogP contribution in [0.2, 0.25) is 0 Å². The van der Waals surface area contributed by atoms with Crippen LogP contribution in [0.5, 0.6) is 5.75 Å². The normalized spacial score (nSPS) is 11.9. The summed E-state index contributed by atoms with van der Waals surface area (Å²) >= 11 is 0. The second-order valence-electron chi connectivity index (χ2n) is 5.12. The Bertz CT molecular complexity index is 611. The van der Waals surface area contributed by atoms with Crippen molar-refractivity contribution >= 4 is 5.91 Å². The Morgan fingerprint density at radius 2 is 1.95 bits per heavy atom. The molecule has 0 aliphatic heterocycles. The molecule has 1 unspecified atom stereocenters. The molecule has 0 aliphatic carbocycles. The maximum atomic E-state index is 12.3. The molecule has 0 radical (unpaired) electrons. The van der Waals surface area contributed by atoms with Gasteiger partial charge in [0.1, 0.15) is 5.75 Å². The number of nitrogens with one attached hydrogen (secondary N) is 1. The van der Waals surface area contributed by atoms with Gasteiger partial charge in [-0.2, -0.15) is 0 Å². The molecule has 0 heterocycles. The minimum Gasteiger partial charge on any atom is -0.507 e. The molecule has 110 valence electrons. The molecule has 4 heteroatoms. The number of hydrogen-bond donors (Lipinski definition) is 3. The third-order valence-corrected chi connectivity index (χ3v) is 3.34. The molecular formula is C17H20N2O2. The number of phenols is 1. The van der Waals surface area contributed by atoms with Gasteiger partial charge in [0.05, 0.1) is 5.56 Å². The van der Waals surface area contributed by atoms with Gasteiger partial charge in [-0.15, -0.1) is 0 Å². The first kappa shape index (κ1) is 15.1. The zero-order valence-electron chi connectivity index (χ0n) is 12.0. The summed E-state index contributed by atoms with van der Waals surface area (Å²) in [5.41, 5.74) is 8.05. The monoisotopic (exact) mass is 284 g/mol. The lowest BCUT2D eigenvalue weighted by atomic mass is 10.0. The highest BCUT2D eigenvalue weighted by Gasteiger charge is 2.16. The molecule has 0 bridgehead atoms. The van der Waals surface area contributed by atoms with Gasteiger partial charge in [0, 0.05) is 12.6 Å². The zero-order chi connectivity index (χ0) is 15.2. The molecule has 0 saturated heterocycles. The van der Waals surface area contributed by atoms with E-state index < -0.39 is 0 Å². The molecule has 0 saturated carbocycles. The zero-order valence-corrected chi connectivity index (χ0v) is 12.0. The topological polar surface area (TPSA) is 75.3 Å². The van der Waals surface area contributed by atoms with E-state index in [1.165, 1.54) is 6.07 Å². The minimum atomic E-state index is -0.303. The second-order valence-corrected chi connectivity index (χ2v) is 5.12. The molecule has 2 aromatic rings. The Balaban J connectivity index is 2.07. The molecule has 4 nitrogen and oxygen atoms in total. The van der Waals surface area contributed by atoms with Crippen LogP contribution in [0, 0.1) is 6.92 Å². The third kappa shape index (κ3) is 4.07. The Hall–Kier alpha value is -2.33. The van der Waals surface area contributed by atoms with E-state index in [4.69, 9.17) is 5.73 Å². The summed E-state index contributed by atoms with van der Waals surface area (Å²) in [4.78, 5) is 12.3. The third-order valence-electron chi connectivity index (χ3n) is 3.34. The summed E-state index contributed by atoms with van der Waals surface area (Å²) in [6.07, 6.45) is 0.662. The first-order chi connectivity index (χ1) is 10.1. The molecule has 0 aliphatic rings. The summed E-state index contributed by atoms with van der Waals surface area (Å²) in [6.45, 7) is 2.22. The van der Waals surface area contributed by atoms with Crippen LogP contribution in [-0.2, 0) is 6.42 Å². The van der Waals surface area contributed by atoms with Gasteiger partial charge in [0.25, 0.3) is 5.91 Å². The molecule has 2 rings (SSSR count). The van der Waals surface area contributed by atoms with Gasteiger partial charge >= 0.3 is 0 Å². The number of aromatic hydroxyl groups is 1. The van der Waals surface area contributed by atoms with Gasteiger partial charge in [0.2, 0.25) is 0 Å². The van der Waals surface area contributed by atoms with Crippen molar-refractivity contribution in [3.05, 3.63) is 65.2 Å². The molecule has 4 N–H and O–H groups in total. The van der Waals surface area contributed by atoms with Crippen LogP contribution >= 0.6 is 0 Å². The van der Waals surface area contributed by atoms with E-state index in [0.29, 0.717) is 13.0 Å². The summed E-state index contributed by atoms with van der Waals surface area (Å²) in [5.74, 6) is -0.323. The average Bonchev–Trinajstić information content (AvgIpc) is 2.50. The lowest BCUT2D eigenvalue weighted by molar-refractivity contribution is 0.0935. The number of benzene rings is 2. The summed E-state index contributed by atoms with van der Waals surface area (Å²) < 4.78 is 0. The highest BCUT2D eigenvalue weighted by molar-refractivity contribution is 5.97. The number of hydrogen-bond acceptors (Lipinski definition) is 3. The number of nitrogens with two attached hydrogens (primary N) is 1. The molecule has 1 atom stereocenters. The van der Waals surface area contributed by atoms with Crippen molar-refractivity contribution in [2.45, 2.75) is 19.4 Å². The quantitative estimate of drug-likeness (QED) is 0.786. The van der Waals surface area contributed by atoms with Crippen molar-refractivity contribution in [1.82, 2.24) is 5.32 Å². The standard InChI is InChI=1S/C17H20N2O2/c1-12-7-8-16(20)15(9-12)17(21)19-14(11-18)10-13-5-3-2-4-6-13/h2-9,14,20H,10-11,18H2,1H3,(H,19,21). The fourth-order valence-electron chi connectivity index (χ4n) is 2.19. The average molecular weight is 284 g/mol. The lowest BCUT2D eigenvalue weighted by Gasteiger charge is -2.17. The number of amides is 1. The molecule has 21 heavy (non-hydrogen) atoms. The van der Waals surface area contributed by atoms with Gasteiger partial charge < -0.3 is 16.2 Å². The second kappa shape index (κ2) is 6.90. The van der Waals surface area contributed by atoms with Crippen molar-refractivity contribution < 1.29 is 9.90 Å². The van der Waals surface area contributed by atoms with Crippen LogP contribution in [-0.4, -0.2) is 23.6 Å². The van der Waals surface area contributed by atoms with Crippen molar-refractivity contribution in [3.8, 4) is 5.75 Å². The molecule has 0 fully saturated rings. The molecule has 0 aromatic heterocycles. The van der Waals surface area contributed by atoms with Gasteiger partial charge in [0.15, 0.2) is 0 Å².